The van der Waals surface area contributed by atoms with Crippen LogP contribution in [0.4, 0.5) is 21.7 Å². The highest BCUT2D eigenvalue weighted by atomic mass is 19.1. The molecule has 0 amide bonds. The van der Waals surface area contributed by atoms with E-state index in [0.717, 1.165) is 0 Å². The van der Waals surface area contributed by atoms with Gasteiger partial charge in [-0.25, -0.2) is 20.2 Å². The summed E-state index contributed by atoms with van der Waals surface area (Å²) in [5.41, 5.74) is 2.94. The molecule has 0 saturated heterocycles. The van der Waals surface area contributed by atoms with E-state index in [4.69, 9.17) is 5.84 Å². The number of rotatable bonds is 4. The van der Waals surface area contributed by atoms with Crippen LogP contribution in [0.3, 0.4) is 0 Å². The van der Waals surface area contributed by atoms with Gasteiger partial charge < -0.3 is 10.3 Å². The number of hydrogen-bond donors (Lipinski definition) is 2. The SMILES string of the molecule is CCc1nc(NN)cc(N(C)c2ccccc2F)n1. The zero-order valence-electron chi connectivity index (χ0n) is 10.9. The van der Waals surface area contributed by atoms with Gasteiger partial charge in [-0.1, -0.05) is 19.1 Å². The Morgan fingerprint density at radius 3 is 2.68 bits per heavy atom. The van der Waals surface area contributed by atoms with Crippen LogP contribution in [-0.4, -0.2) is 17.0 Å². The zero-order valence-corrected chi connectivity index (χ0v) is 10.9. The number of nitrogens with one attached hydrogen (secondary N) is 1. The summed E-state index contributed by atoms with van der Waals surface area (Å²) in [7, 11) is 1.75. The Balaban J connectivity index is 2.43. The number of hydrogen-bond acceptors (Lipinski definition) is 5. The Morgan fingerprint density at radius 1 is 1.32 bits per heavy atom. The molecule has 0 aliphatic rings. The second-order valence-corrected chi connectivity index (χ2v) is 4.04. The van der Waals surface area contributed by atoms with Crippen LogP contribution in [0.15, 0.2) is 30.3 Å². The van der Waals surface area contributed by atoms with Crippen LogP contribution in [0, 0.1) is 5.82 Å². The predicted octanol–water partition coefficient (Wildman–Crippen LogP) is 2.23. The Bertz CT molecular complexity index is 550. The lowest BCUT2D eigenvalue weighted by molar-refractivity contribution is 0.627. The molecule has 100 valence electrons. The van der Waals surface area contributed by atoms with Crippen LogP contribution in [-0.2, 0) is 6.42 Å². The van der Waals surface area contributed by atoms with E-state index in [9.17, 15) is 4.39 Å². The third kappa shape index (κ3) is 2.79. The minimum Gasteiger partial charge on any atom is -0.327 e. The van der Waals surface area contributed by atoms with Gasteiger partial charge in [-0.3, -0.25) is 0 Å². The summed E-state index contributed by atoms with van der Waals surface area (Å²) >= 11 is 0. The number of benzene rings is 1. The van der Waals surface area contributed by atoms with Gasteiger partial charge in [-0.05, 0) is 12.1 Å². The first kappa shape index (κ1) is 13.2. The van der Waals surface area contributed by atoms with E-state index in [-0.39, 0.29) is 5.82 Å². The summed E-state index contributed by atoms with van der Waals surface area (Å²) in [5, 5.41) is 0. The van der Waals surface area contributed by atoms with Crippen molar-refractivity contribution >= 4 is 17.3 Å². The summed E-state index contributed by atoms with van der Waals surface area (Å²) in [5.74, 6) is 6.82. The zero-order chi connectivity index (χ0) is 13.8. The number of nitrogens with zero attached hydrogens (tertiary/aromatic N) is 3. The molecule has 19 heavy (non-hydrogen) atoms. The molecule has 1 aromatic heterocycles. The number of anilines is 3. The standard InChI is InChI=1S/C13H16FN5/c1-3-11-16-12(18-15)8-13(17-11)19(2)10-7-5-4-6-9(10)14/h4-8H,3,15H2,1-2H3,(H,16,17,18). The van der Waals surface area contributed by atoms with Crippen LogP contribution in [0.25, 0.3) is 0 Å². The van der Waals surface area contributed by atoms with Gasteiger partial charge in [-0.2, -0.15) is 0 Å². The molecule has 0 unspecified atom stereocenters. The van der Waals surface area contributed by atoms with Crippen LogP contribution in [0.2, 0.25) is 0 Å². The summed E-state index contributed by atoms with van der Waals surface area (Å²) in [4.78, 5) is 10.2. The average molecular weight is 261 g/mol. The average Bonchev–Trinajstić information content (AvgIpc) is 2.46. The van der Waals surface area contributed by atoms with Crippen molar-refractivity contribution in [2.24, 2.45) is 5.84 Å². The smallest absolute Gasteiger partial charge is 0.146 e. The predicted molar refractivity (Wildman–Crippen MR) is 73.7 cm³/mol. The van der Waals surface area contributed by atoms with Crippen molar-refractivity contribution in [2.75, 3.05) is 17.4 Å². The fourth-order valence-electron chi connectivity index (χ4n) is 1.73. The molecular formula is C13H16FN5. The normalized spacial score (nSPS) is 10.3. The van der Waals surface area contributed by atoms with E-state index in [0.29, 0.717) is 29.6 Å². The maximum absolute atomic E-state index is 13.8. The number of hydrazine groups is 1. The highest BCUT2D eigenvalue weighted by Crippen LogP contribution is 2.25. The van der Waals surface area contributed by atoms with E-state index < -0.39 is 0 Å². The third-order valence-corrected chi connectivity index (χ3v) is 2.78. The first-order chi connectivity index (χ1) is 9.15. The van der Waals surface area contributed by atoms with Gasteiger partial charge in [0, 0.05) is 19.5 Å². The number of nitrogen functional groups attached to an aromatic ring is 1. The lowest BCUT2D eigenvalue weighted by Gasteiger charge is -2.20. The highest BCUT2D eigenvalue weighted by Gasteiger charge is 2.12. The van der Waals surface area contributed by atoms with Gasteiger partial charge in [0.2, 0.25) is 0 Å². The fourth-order valence-corrected chi connectivity index (χ4v) is 1.73. The van der Waals surface area contributed by atoms with Gasteiger partial charge in [0.05, 0.1) is 5.69 Å². The molecule has 2 aromatic rings. The van der Waals surface area contributed by atoms with Crippen molar-refractivity contribution in [1.29, 1.82) is 0 Å². The van der Waals surface area contributed by atoms with Crippen molar-refractivity contribution < 1.29 is 4.39 Å². The molecule has 1 aromatic carbocycles. The minimum atomic E-state index is -0.302. The molecule has 0 spiro atoms. The van der Waals surface area contributed by atoms with Crippen LogP contribution >= 0.6 is 0 Å². The van der Waals surface area contributed by atoms with E-state index in [2.05, 4.69) is 15.4 Å². The van der Waals surface area contributed by atoms with Crippen molar-refractivity contribution in [3.63, 3.8) is 0 Å². The van der Waals surface area contributed by atoms with Gasteiger partial charge in [-0.15, -0.1) is 0 Å². The lowest BCUT2D eigenvalue weighted by Crippen LogP contribution is -2.16. The first-order valence-corrected chi connectivity index (χ1v) is 5.98. The maximum Gasteiger partial charge on any atom is 0.146 e. The number of para-hydroxylation sites is 1. The second kappa shape index (κ2) is 5.62. The van der Waals surface area contributed by atoms with E-state index in [1.807, 2.05) is 6.92 Å². The third-order valence-electron chi connectivity index (χ3n) is 2.78. The van der Waals surface area contributed by atoms with Gasteiger partial charge in [0.25, 0.3) is 0 Å². The summed E-state index contributed by atoms with van der Waals surface area (Å²) in [6.45, 7) is 1.95. The minimum absolute atomic E-state index is 0.302. The van der Waals surface area contributed by atoms with E-state index >= 15 is 0 Å². The number of aromatic nitrogens is 2. The van der Waals surface area contributed by atoms with Crippen LogP contribution in [0.5, 0.6) is 0 Å². The first-order valence-electron chi connectivity index (χ1n) is 5.98. The molecule has 5 nitrogen and oxygen atoms in total. The molecule has 0 saturated carbocycles. The fraction of sp³-hybridized carbons (Fsp3) is 0.231. The Morgan fingerprint density at radius 2 is 2.05 bits per heavy atom. The Kier molecular flexibility index (Phi) is 3.91. The largest absolute Gasteiger partial charge is 0.327 e. The number of halogens is 1. The molecule has 0 aliphatic heterocycles. The van der Waals surface area contributed by atoms with Crippen LogP contribution < -0.4 is 16.2 Å². The molecule has 0 bridgehead atoms. The van der Waals surface area contributed by atoms with Crippen molar-refractivity contribution in [2.45, 2.75) is 13.3 Å². The Labute approximate surface area is 111 Å². The van der Waals surface area contributed by atoms with Gasteiger partial charge in [0.15, 0.2) is 0 Å². The molecule has 0 fully saturated rings. The summed E-state index contributed by atoms with van der Waals surface area (Å²) in [6, 6.07) is 8.20. The molecule has 2 rings (SSSR count). The molecule has 1 heterocycles. The quantitative estimate of drug-likeness (QED) is 0.652. The lowest BCUT2D eigenvalue weighted by atomic mass is 10.3. The molecular weight excluding hydrogens is 245 g/mol. The topological polar surface area (TPSA) is 67.1 Å². The molecule has 6 heteroatoms. The van der Waals surface area contributed by atoms with Gasteiger partial charge >= 0.3 is 0 Å². The van der Waals surface area contributed by atoms with E-state index in [1.54, 1.807) is 36.2 Å². The van der Waals surface area contributed by atoms with Crippen LogP contribution in [0.1, 0.15) is 12.7 Å². The van der Waals surface area contributed by atoms with E-state index in [1.165, 1.54) is 6.07 Å². The molecule has 0 aliphatic carbocycles. The maximum atomic E-state index is 13.8. The molecule has 0 radical (unpaired) electrons. The monoisotopic (exact) mass is 261 g/mol. The molecule has 3 N–H and O–H groups in total. The summed E-state index contributed by atoms with van der Waals surface area (Å²) in [6.07, 6.45) is 0.674. The number of nitrogens with two attached hydrogens (primary N) is 1. The highest BCUT2D eigenvalue weighted by molar-refractivity contribution is 5.62. The Hall–Kier alpha value is -2.21. The molecule has 0 atom stereocenters. The summed E-state index contributed by atoms with van der Waals surface area (Å²) < 4.78 is 13.8. The second-order valence-electron chi connectivity index (χ2n) is 4.04. The van der Waals surface area contributed by atoms with Crippen molar-refractivity contribution in [3.8, 4) is 0 Å². The van der Waals surface area contributed by atoms with Crippen molar-refractivity contribution in [1.82, 2.24) is 9.97 Å². The number of aryl methyl sites for hydroxylation is 1. The van der Waals surface area contributed by atoms with Gasteiger partial charge in [0.1, 0.15) is 23.3 Å². The van der Waals surface area contributed by atoms with Crippen molar-refractivity contribution in [3.05, 3.63) is 42.0 Å².